The van der Waals surface area contributed by atoms with Crippen molar-refractivity contribution in [3.8, 4) is 5.75 Å². The van der Waals surface area contributed by atoms with Crippen molar-refractivity contribution in [3.63, 3.8) is 0 Å². The normalized spacial score (nSPS) is 12.0. The van der Waals surface area contributed by atoms with E-state index in [9.17, 15) is 14.7 Å². The summed E-state index contributed by atoms with van der Waals surface area (Å²) in [5.41, 5.74) is 2.39. The fourth-order valence-electron chi connectivity index (χ4n) is 3.19. The number of hydrogen-bond acceptors (Lipinski definition) is 5. The maximum Gasteiger partial charge on any atom is 0.300 e. The number of aliphatic hydroxyl groups is 1. The zero-order valence-electron chi connectivity index (χ0n) is 14.6. The number of aliphatic hydroxyl groups excluding tert-OH is 1. The molecule has 8 nitrogen and oxygen atoms in total. The third-order valence-corrected chi connectivity index (χ3v) is 4.35. The Morgan fingerprint density at radius 2 is 1.81 bits per heavy atom. The standard InChI is InChI=1S/C16H14N2O4.C2H4O2/c1-8-3-13(21)18-7-22-16-14-11(5-10(8)15(16)18)9(6-19)4-12(20)17(14)2;1-2(3)4/h3-5,19H,6-7H2,1-2H3;1H3,(H,3,4). The van der Waals surface area contributed by atoms with Crippen molar-refractivity contribution in [2.45, 2.75) is 27.2 Å². The van der Waals surface area contributed by atoms with E-state index in [1.165, 1.54) is 10.6 Å². The van der Waals surface area contributed by atoms with Gasteiger partial charge in [-0.05, 0) is 24.1 Å². The van der Waals surface area contributed by atoms with E-state index in [-0.39, 0.29) is 24.5 Å². The van der Waals surface area contributed by atoms with Gasteiger partial charge < -0.3 is 19.5 Å². The van der Waals surface area contributed by atoms with Crippen LogP contribution in [0.1, 0.15) is 18.1 Å². The van der Waals surface area contributed by atoms with E-state index in [4.69, 9.17) is 14.6 Å². The topological polar surface area (TPSA) is 111 Å². The van der Waals surface area contributed by atoms with E-state index in [1.54, 1.807) is 17.7 Å². The van der Waals surface area contributed by atoms with Crippen molar-refractivity contribution in [2.24, 2.45) is 7.05 Å². The minimum atomic E-state index is -0.833. The van der Waals surface area contributed by atoms with Crippen LogP contribution in [0, 0.1) is 6.92 Å². The predicted octanol–water partition coefficient (Wildman–Crippen LogP) is 1.09. The molecule has 3 aromatic rings. The molecular weight excluding hydrogens is 340 g/mol. The van der Waals surface area contributed by atoms with Crippen molar-refractivity contribution >= 4 is 27.8 Å². The number of pyridine rings is 2. The number of benzene rings is 1. The van der Waals surface area contributed by atoms with Crippen LogP contribution in [0.3, 0.4) is 0 Å². The first-order valence-corrected chi connectivity index (χ1v) is 7.89. The van der Waals surface area contributed by atoms with Crippen molar-refractivity contribution in [2.75, 3.05) is 0 Å². The zero-order chi connectivity index (χ0) is 19.2. The molecule has 3 heterocycles. The van der Waals surface area contributed by atoms with E-state index in [0.29, 0.717) is 22.3 Å². The minimum absolute atomic E-state index is 0.119. The Bertz CT molecular complexity index is 1170. The third-order valence-electron chi connectivity index (χ3n) is 4.35. The highest BCUT2D eigenvalue weighted by atomic mass is 16.5. The number of hydrogen-bond donors (Lipinski definition) is 2. The van der Waals surface area contributed by atoms with Gasteiger partial charge >= 0.3 is 0 Å². The number of aliphatic carboxylic acids is 1. The van der Waals surface area contributed by atoms with Crippen LogP contribution in [-0.2, 0) is 25.2 Å². The SMILES string of the molecule is CC(=O)O.Cc1cc(=O)n2c3c(c4c(cc13)c(CO)cc(=O)n4C)OC2. The molecule has 2 N–H and O–H groups in total. The van der Waals surface area contributed by atoms with E-state index in [1.807, 2.05) is 13.0 Å². The molecule has 1 aromatic carbocycles. The average Bonchev–Trinajstić information content (AvgIpc) is 3.00. The molecule has 0 aliphatic carbocycles. The van der Waals surface area contributed by atoms with Gasteiger partial charge in [0, 0.05) is 36.9 Å². The molecule has 0 bridgehead atoms. The van der Waals surface area contributed by atoms with Gasteiger partial charge in [-0.2, -0.15) is 0 Å². The van der Waals surface area contributed by atoms with Gasteiger partial charge in [0.2, 0.25) is 0 Å². The van der Waals surface area contributed by atoms with Gasteiger partial charge in [-0.25, -0.2) is 0 Å². The molecule has 136 valence electrons. The van der Waals surface area contributed by atoms with Gasteiger partial charge in [0.15, 0.2) is 12.5 Å². The van der Waals surface area contributed by atoms with Crippen LogP contribution in [0.15, 0.2) is 27.8 Å². The maximum absolute atomic E-state index is 12.1. The van der Waals surface area contributed by atoms with Gasteiger partial charge in [-0.3, -0.25) is 19.0 Å². The summed E-state index contributed by atoms with van der Waals surface area (Å²) in [7, 11) is 1.66. The van der Waals surface area contributed by atoms with Crippen molar-refractivity contribution in [3.05, 3.63) is 50.0 Å². The van der Waals surface area contributed by atoms with Crippen LogP contribution >= 0.6 is 0 Å². The number of carboxylic acid groups (broad SMARTS) is 1. The Labute approximate surface area is 147 Å². The Hall–Kier alpha value is -3.13. The van der Waals surface area contributed by atoms with Crippen LogP contribution in [-0.4, -0.2) is 25.3 Å². The predicted molar refractivity (Wildman–Crippen MR) is 95.6 cm³/mol. The van der Waals surface area contributed by atoms with Crippen LogP contribution in [0.4, 0.5) is 0 Å². The summed E-state index contributed by atoms with van der Waals surface area (Å²) in [6, 6.07) is 4.92. The van der Waals surface area contributed by atoms with Crippen molar-refractivity contribution in [1.82, 2.24) is 9.13 Å². The van der Waals surface area contributed by atoms with Gasteiger partial charge in [-0.1, -0.05) is 0 Å². The molecule has 2 aromatic heterocycles. The summed E-state index contributed by atoms with van der Waals surface area (Å²) in [6.45, 7) is 2.87. The van der Waals surface area contributed by atoms with Gasteiger partial charge in [0.1, 0.15) is 0 Å². The number of ether oxygens (including phenoxy) is 1. The molecule has 8 heteroatoms. The Kier molecular flexibility index (Phi) is 4.29. The summed E-state index contributed by atoms with van der Waals surface area (Å²) < 4.78 is 8.78. The lowest BCUT2D eigenvalue weighted by molar-refractivity contribution is -0.134. The fraction of sp³-hybridized carbons (Fsp3) is 0.278. The molecule has 0 radical (unpaired) electrons. The summed E-state index contributed by atoms with van der Waals surface area (Å²) >= 11 is 0. The largest absolute Gasteiger partial charge is 0.481 e. The lowest BCUT2D eigenvalue weighted by Gasteiger charge is -2.13. The number of rotatable bonds is 1. The molecule has 0 spiro atoms. The summed E-state index contributed by atoms with van der Waals surface area (Å²) in [5, 5.41) is 18.6. The number of fused-ring (bicyclic) bond motifs is 2. The number of nitrogens with zero attached hydrogens (tertiary/aromatic N) is 2. The fourth-order valence-corrected chi connectivity index (χ4v) is 3.19. The Morgan fingerprint density at radius 3 is 2.42 bits per heavy atom. The second kappa shape index (κ2) is 6.30. The second-order valence-electron chi connectivity index (χ2n) is 6.11. The summed E-state index contributed by atoms with van der Waals surface area (Å²) in [5.74, 6) is -0.303. The van der Waals surface area contributed by atoms with E-state index in [0.717, 1.165) is 23.3 Å². The van der Waals surface area contributed by atoms with E-state index >= 15 is 0 Å². The molecular formula is C18H18N2O6. The molecule has 0 unspecified atom stereocenters. The highest BCUT2D eigenvalue weighted by molar-refractivity contribution is 6.05. The Balaban J connectivity index is 0.000000447. The van der Waals surface area contributed by atoms with E-state index < -0.39 is 5.97 Å². The van der Waals surface area contributed by atoms with E-state index in [2.05, 4.69) is 0 Å². The molecule has 1 aliphatic rings. The quantitative estimate of drug-likeness (QED) is 0.630. The maximum atomic E-state index is 12.1. The Morgan fingerprint density at radius 1 is 1.15 bits per heavy atom. The van der Waals surface area contributed by atoms with Gasteiger partial charge in [0.25, 0.3) is 17.1 Å². The third kappa shape index (κ3) is 2.64. The number of aromatic nitrogens is 2. The van der Waals surface area contributed by atoms with Crippen LogP contribution in [0.25, 0.3) is 21.8 Å². The molecule has 0 amide bonds. The molecule has 26 heavy (non-hydrogen) atoms. The first-order valence-electron chi connectivity index (χ1n) is 7.89. The summed E-state index contributed by atoms with van der Waals surface area (Å²) in [4.78, 5) is 33.2. The second-order valence-corrected chi connectivity index (χ2v) is 6.11. The number of carboxylic acids is 1. The monoisotopic (exact) mass is 358 g/mol. The lowest BCUT2D eigenvalue weighted by atomic mass is 10.0. The zero-order valence-corrected chi connectivity index (χ0v) is 14.6. The highest BCUT2D eigenvalue weighted by Gasteiger charge is 2.23. The lowest BCUT2D eigenvalue weighted by Crippen LogP contribution is -2.18. The van der Waals surface area contributed by atoms with Crippen LogP contribution < -0.4 is 15.9 Å². The average molecular weight is 358 g/mol. The highest BCUT2D eigenvalue weighted by Crippen LogP contribution is 2.38. The van der Waals surface area contributed by atoms with Crippen molar-refractivity contribution < 1.29 is 19.7 Å². The first-order chi connectivity index (χ1) is 12.3. The van der Waals surface area contributed by atoms with Crippen molar-refractivity contribution in [1.29, 1.82) is 0 Å². The van der Waals surface area contributed by atoms with Gasteiger partial charge in [0.05, 0.1) is 17.6 Å². The number of carbonyl (C=O) groups is 1. The summed E-state index contributed by atoms with van der Waals surface area (Å²) in [6.07, 6.45) is 0. The van der Waals surface area contributed by atoms with Gasteiger partial charge in [-0.15, -0.1) is 0 Å². The van der Waals surface area contributed by atoms with Crippen LogP contribution in [0.5, 0.6) is 5.75 Å². The minimum Gasteiger partial charge on any atom is -0.481 e. The molecule has 1 aliphatic heterocycles. The molecule has 4 rings (SSSR count). The molecule has 0 fully saturated rings. The van der Waals surface area contributed by atoms with Crippen LogP contribution in [0.2, 0.25) is 0 Å². The molecule has 0 saturated carbocycles. The smallest absolute Gasteiger partial charge is 0.300 e. The first kappa shape index (κ1) is 17.7. The molecule has 0 saturated heterocycles. The molecule has 0 atom stereocenters. The number of aryl methyl sites for hydroxylation is 2.